The van der Waals surface area contributed by atoms with Crippen LogP contribution in [0.3, 0.4) is 0 Å². The summed E-state index contributed by atoms with van der Waals surface area (Å²) in [5.74, 6) is -1.16. The minimum absolute atomic E-state index is 0.0284. The van der Waals surface area contributed by atoms with Crippen LogP contribution < -0.4 is 4.72 Å². The maximum absolute atomic E-state index is 12.4. The van der Waals surface area contributed by atoms with Crippen LogP contribution in [-0.2, 0) is 10.0 Å². The molecule has 0 saturated carbocycles. The van der Waals surface area contributed by atoms with E-state index in [1.165, 1.54) is 6.07 Å². The van der Waals surface area contributed by atoms with Crippen LogP contribution in [0.15, 0.2) is 32.9 Å². The van der Waals surface area contributed by atoms with Crippen LogP contribution in [0.2, 0.25) is 0 Å². The largest absolute Gasteiger partial charge is 0.477 e. The van der Waals surface area contributed by atoms with E-state index in [9.17, 15) is 13.2 Å². The molecule has 8 heteroatoms. The normalized spacial score (nSPS) is 11.4. The molecule has 0 unspecified atom stereocenters. The van der Waals surface area contributed by atoms with Crippen LogP contribution in [0.4, 0.5) is 5.69 Å². The Morgan fingerprint density at radius 1 is 1.33 bits per heavy atom. The number of thiophene rings is 1. The highest BCUT2D eigenvalue weighted by atomic mass is 79.9. The first-order chi connectivity index (χ1) is 9.72. The number of hydrogen-bond acceptors (Lipinski definition) is 4. The molecule has 21 heavy (non-hydrogen) atoms. The minimum atomic E-state index is -3.86. The number of nitrogens with one attached hydrogen (secondary N) is 1. The quantitative estimate of drug-likeness (QED) is 0.835. The van der Waals surface area contributed by atoms with E-state index in [0.717, 1.165) is 16.9 Å². The van der Waals surface area contributed by atoms with Gasteiger partial charge in [0.25, 0.3) is 10.0 Å². The van der Waals surface area contributed by atoms with Gasteiger partial charge in [0.15, 0.2) is 0 Å². The lowest BCUT2D eigenvalue weighted by Gasteiger charge is -2.11. The zero-order chi connectivity index (χ0) is 15.8. The lowest BCUT2D eigenvalue weighted by atomic mass is 10.2. The van der Waals surface area contributed by atoms with Gasteiger partial charge in [-0.1, -0.05) is 6.07 Å². The molecule has 2 aromatic rings. The smallest absolute Gasteiger partial charge is 0.348 e. The molecular formula is C13H12BrNO4S2. The van der Waals surface area contributed by atoms with Crippen molar-refractivity contribution < 1.29 is 18.3 Å². The number of carbonyl (C=O) groups is 1. The zero-order valence-corrected chi connectivity index (χ0v) is 14.4. The topological polar surface area (TPSA) is 83.5 Å². The molecule has 0 saturated heterocycles. The predicted octanol–water partition coefficient (Wildman–Crippen LogP) is 3.63. The lowest BCUT2D eigenvalue weighted by molar-refractivity contribution is 0.0703. The SMILES string of the molecule is Cc1ccc(S(=O)(=O)Nc2c(C)csc2C(=O)O)c(Br)c1. The first kappa shape index (κ1) is 16.0. The van der Waals surface area contributed by atoms with Crippen molar-refractivity contribution in [2.45, 2.75) is 18.7 Å². The Labute approximate surface area is 134 Å². The summed E-state index contributed by atoms with van der Waals surface area (Å²) in [6.45, 7) is 3.51. The van der Waals surface area contributed by atoms with Gasteiger partial charge in [0.05, 0.1) is 5.69 Å². The van der Waals surface area contributed by atoms with Gasteiger partial charge >= 0.3 is 5.97 Å². The molecule has 1 aromatic heterocycles. The van der Waals surface area contributed by atoms with Crippen molar-refractivity contribution in [3.05, 3.63) is 44.1 Å². The highest BCUT2D eigenvalue weighted by Gasteiger charge is 2.23. The summed E-state index contributed by atoms with van der Waals surface area (Å²) in [6, 6.07) is 4.84. The number of aromatic carboxylic acids is 1. The van der Waals surface area contributed by atoms with Gasteiger partial charge < -0.3 is 5.11 Å². The van der Waals surface area contributed by atoms with Gasteiger partial charge in [0.1, 0.15) is 9.77 Å². The average Bonchev–Trinajstić information content (AvgIpc) is 2.70. The molecule has 0 aliphatic rings. The van der Waals surface area contributed by atoms with Crippen molar-refractivity contribution >= 4 is 48.9 Å². The van der Waals surface area contributed by atoms with Crippen LogP contribution in [0.1, 0.15) is 20.8 Å². The molecule has 0 amide bonds. The van der Waals surface area contributed by atoms with Crippen molar-refractivity contribution in [1.29, 1.82) is 0 Å². The Bertz CT molecular complexity index is 812. The Kier molecular flexibility index (Phi) is 4.40. The summed E-state index contributed by atoms with van der Waals surface area (Å²) in [5.41, 5.74) is 1.60. The summed E-state index contributed by atoms with van der Waals surface area (Å²) in [7, 11) is -3.86. The molecule has 2 N–H and O–H groups in total. The van der Waals surface area contributed by atoms with Crippen molar-refractivity contribution in [3.63, 3.8) is 0 Å². The number of aryl methyl sites for hydroxylation is 2. The second-order valence-corrected chi connectivity index (χ2v) is 7.85. The molecular weight excluding hydrogens is 378 g/mol. The van der Waals surface area contributed by atoms with Gasteiger partial charge in [-0.25, -0.2) is 13.2 Å². The van der Waals surface area contributed by atoms with E-state index in [2.05, 4.69) is 20.7 Å². The summed E-state index contributed by atoms with van der Waals surface area (Å²) in [6.07, 6.45) is 0. The summed E-state index contributed by atoms with van der Waals surface area (Å²) >= 11 is 4.21. The number of hydrogen-bond donors (Lipinski definition) is 2. The fourth-order valence-corrected chi connectivity index (χ4v) is 4.99. The standard InChI is InChI=1S/C13H12BrNO4S2/c1-7-3-4-10(9(14)5-7)21(18,19)15-11-8(2)6-20-12(11)13(16)17/h3-6,15H,1-2H3,(H,16,17). The Morgan fingerprint density at radius 2 is 2.00 bits per heavy atom. The fourth-order valence-electron chi connectivity index (χ4n) is 1.74. The van der Waals surface area contributed by atoms with Crippen LogP contribution in [0, 0.1) is 13.8 Å². The molecule has 0 aliphatic heterocycles. The van der Waals surface area contributed by atoms with Gasteiger partial charge in [0, 0.05) is 4.47 Å². The first-order valence-electron chi connectivity index (χ1n) is 5.82. The highest BCUT2D eigenvalue weighted by Crippen LogP contribution is 2.31. The van der Waals surface area contributed by atoms with Crippen LogP contribution >= 0.6 is 27.3 Å². The second-order valence-electron chi connectivity index (χ2n) is 4.47. The monoisotopic (exact) mass is 389 g/mol. The van der Waals surface area contributed by atoms with Gasteiger partial charge in [-0.2, -0.15) is 0 Å². The van der Waals surface area contributed by atoms with Gasteiger partial charge in [-0.3, -0.25) is 4.72 Å². The van der Waals surface area contributed by atoms with Crippen molar-refractivity contribution in [3.8, 4) is 0 Å². The van der Waals surface area contributed by atoms with E-state index in [1.54, 1.807) is 24.4 Å². The predicted molar refractivity (Wildman–Crippen MR) is 85.7 cm³/mol. The molecule has 0 bridgehead atoms. The third kappa shape index (κ3) is 3.28. The highest BCUT2D eigenvalue weighted by molar-refractivity contribution is 9.10. The third-order valence-corrected chi connectivity index (χ3v) is 6.19. The van der Waals surface area contributed by atoms with Crippen molar-refractivity contribution in [2.75, 3.05) is 4.72 Å². The number of halogens is 1. The number of carboxylic acid groups (broad SMARTS) is 1. The molecule has 0 fully saturated rings. The second kappa shape index (κ2) is 5.78. The number of sulfonamides is 1. The number of carboxylic acids is 1. The first-order valence-corrected chi connectivity index (χ1v) is 8.98. The molecule has 0 spiro atoms. The van der Waals surface area contributed by atoms with Gasteiger partial charge in [0.2, 0.25) is 0 Å². The maximum atomic E-state index is 12.4. The number of benzene rings is 1. The summed E-state index contributed by atoms with van der Waals surface area (Å²) in [5, 5.41) is 10.7. The Balaban J connectivity index is 2.47. The average molecular weight is 390 g/mol. The van der Waals surface area contributed by atoms with E-state index < -0.39 is 16.0 Å². The molecule has 5 nitrogen and oxygen atoms in total. The van der Waals surface area contributed by atoms with E-state index in [0.29, 0.717) is 10.0 Å². The molecule has 0 aliphatic carbocycles. The van der Waals surface area contributed by atoms with Crippen LogP contribution in [0.25, 0.3) is 0 Å². The van der Waals surface area contributed by atoms with Gasteiger partial charge in [-0.05, 0) is 58.4 Å². The molecule has 112 valence electrons. The molecule has 1 heterocycles. The fraction of sp³-hybridized carbons (Fsp3) is 0.154. The molecule has 2 rings (SSSR count). The van der Waals surface area contributed by atoms with Crippen molar-refractivity contribution in [1.82, 2.24) is 0 Å². The third-order valence-electron chi connectivity index (χ3n) is 2.78. The maximum Gasteiger partial charge on any atom is 0.348 e. The van der Waals surface area contributed by atoms with E-state index >= 15 is 0 Å². The van der Waals surface area contributed by atoms with Crippen LogP contribution in [-0.4, -0.2) is 19.5 Å². The molecule has 0 radical (unpaired) electrons. The lowest BCUT2D eigenvalue weighted by Crippen LogP contribution is -2.15. The van der Waals surface area contributed by atoms with Gasteiger partial charge in [-0.15, -0.1) is 11.3 Å². The minimum Gasteiger partial charge on any atom is -0.477 e. The molecule has 1 aromatic carbocycles. The Hall–Kier alpha value is -1.38. The van der Waals surface area contributed by atoms with Crippen molar-refractivity contribution in [2.24, 2.45) is 0 Å². The number of rotatable bonds is 4. The summed E-state index contributed by atoms with van der Waals surface area (Å²) < 4.78 is 27.7. The van der Waals surface area contributed by atoms with E-state index in [-0.39, 0.29) is 15.5 Å². The molecule has 0 atom stereocenters. The zero-order valence-electron chi connectivity index (χ0n) is 11.2. The van der Waals surface area contributed by atoms with E-state index in [4.69, 9.17) is 5.11 Å². The number of anilines is 1. The Morgan fingerprint density at radius 3 is 2.57 bits per heavy atom. The summed E-state index contributed by atoms with van der Waals surface area (Å²) in [4.78, 5) is 11.2. The van der Waals surface area contributed by atoms with E-state index in [1.807, 2.05) is 6.92 Å². The van der Waals surface area contributed by atoms with Crippen LogP contribution in [0.5, 0.6) is 0 Å².